The van der Waals surface area contributed by atoms with Gasteiger partial charge in [0.25, 0.3) is 5.91 Å². The zero-order valence-corrected chi connectivity index (χ0v) is 17.4. The van der Waals surface area contributed by atoms with Crippen molar-refractivity contribution in [3.8, 4) is 5.88 Å². The van der Waals surface area contributed by atoms with E-state index in [4.69, 9.17) is 4.74 Å². The highest BCUT2D eigenvalue weighted by atomic mass is 19.4. The molecule has 0 saturated carbocycles. The maximum atomic E-state index is 13.8. The standard InChI is InChI=1S/C23H19F4N3O2/c1-13-10-16(24)5-8-19(13)30-14(2)29(17-6-9-21(32-3)28-12-17)22(31)18-7-4-15(11-20(18)30)23(25,26)27/h4-12,14H,1-3H3. The summed E-state index contributed by atoms with van der Waals surface area (Å²) in [7, 11) is 1.46. The van der Waals surface area contributed by atoms with E-state index < -0.39 is 29.6 Å². The lowest BCUT2D eigenvalue weighted by atomic mass is 10.00. The van der Waals surface area contributed by atoms with Gasteiger partial charge in [0, 0.05) is 11.8 Å². The Kier molecular flexibility index (Phi) is 5.28. The molecule has 1 aliphatic heterocycles. The van der Waals surface area contributed by atoms with Crippen molar-refractivity contribution in [1.29, 1.82) is 0 Å². The summed E-state index contributed by atoms with van der Waals surface area (Å²) in [5.74, 6) is -0.580. The van der Waals surface area contributed by atoms with Crippen LogP contribution in [0.25, 0.3) is 0 Å². The Bertz CT molecular complexity index is 1180. The first-order valence-electron chi connectivity index (χ1n) is 9.72. The summed E-state index contributed by atoms with van der Waals surface area (Å²) in [6.45, 7) is 3.35. The molecule has 0 fully saturated rings. The molecule has 3 aromatic rings. The van der Waals surface area contributed by atoms with Gasteiger partial charge in [-0.15, -0.1) is 0 Å². The van der Waals surface area contributed by atoms with Gasteiger partial charge >= 0.3 is 6.18 Å². The van der Waals surface area contributed by atoms with Crippen LogP contribution in [0.5, 0.6) is 5.88 Å². The number of amides is 1. The van der Waals surface area contributed by atoms with Gasteiger partial charge in [0.2, 0.25) is 5.88 Å². The van der Waals surface area contributed by atoms with Crippen LogP contribution in [0.15, 0.2) is 54.7 Å². The number of alkyl halides is 3. The maximum absolute atomic E-state index is 13.8. The molecular formula is C23H19F4N3O2. The van der Waals surface area contributed by atoms with Crippen molar-refractivity contribution in [3.05, 3.63) is 77.2 Å². The van der Waals surface area contributed by atoms with Crippen molar-refractivity contribution in [2.75, 3.05) is 16.9 Å². The van der Waals surface area contributed by atoms with E-state index in [1.165, 1.54) is 42.5 Å². The maximum Gasteiger partial charge on any atom is 0.416 e. The van der Waals surface area contributed by atoms with Gasteiger partial charge in [-0.2, -0.15) is 13.2 Å². The summed E-state index contributed by atoms with van der Waals surface area (Å²) in [4.78, 5) is 20.5. The zero-order valence-electron chi connectivity index (χ0n) is 17.4. The number of methoxy groups -OCH3 is 1. The van der Waals surface area contributed by atoms with Gasteiger partial charge in [-0.25, -0.2) is 9.37 Å². The number of carbonyl (C=O) groups is 1. The number of aryl methyl sites for hydroxylation is 1. The molecular weight excluding hydrogens is 426 g/mol. The number of hydrogen-bond donors (Lipinski definition) is 0. The normalized spacial score (nSPS) is 16.2. The molecule has 1 amide bonds. The Morgan fingerprint density at radius 2 is 1.75 bits per heavy atom. The van der Waals surface area contributed by atoms with Crippen molar-refractivity contribution in [3.63, 3.8) is 0 Å². The Labute approximate surface area is 181 Å². The third-order valence-corrected chi connectivity index (χ3v) is 5.41. The zero-order chi connectivity index (χ0) is 23.2. The van der Waals surface area contributed by atoms with Crippen LogP contribution in [-0.4, -0.2) is 24.2 Å². The van der Waals surface area contributed by atoms with Crippen molar-refractivity contribution in [1.82, 2.24) is 4.98 Å². The minimum atomic E-state index is -4.58. The van der Waals surface area contributed by atoms with E-state index >= 15 is 0 Å². The van der Waals surface area contributed by atoms with E-state index in [-0.39, 0.29) is 11.3 Å². The number of carbonyl (C=O) groups excluding carboxylic acids is 1. The second-order valence-corrected chi connectivity index (χ2v) is 7.40. The molecule has 32 heavy (non-hydrogen) atoms. The summed E-state index contributed by atoms with van der Waals surface area (Å²) in [6, 6.07) is 10.3. The van der Waals surface area contributed by atoms with Crippen LogP contribution in [0, 0.1) is 12.7 Å². The van der Waals surface area contributed by atoms with Crippen molar-refractivity contribution in [2.45, 2.75) is 26.2 Å². The van der Waals surface area contributed by atoms with Crippen LogP contribution in [0.3, 0.4) is 0 Å². The Morgan fingerprint density at radius 3 is 2.34 bits per heavy atom. The molecule has 9 heteroatoms. The number of nitrogens with zero attached hydrogens (tertiary/aromatic N) is 3. The topological polar surface area (TPSA) is 45.7 Å². The molecule has 1 atom stereocenters. The summed E-state index contributed by atoms with van der Waals surface area (Å²) in [5, 5.41) is 0. The quantitative estimate of drug-likeness (QED) is 0.485. The predicted molar refractivity (Wildman–Crippen MR) is 112 cm³/mol. The average molecular weight is 445 g/mol. The van der Waals surface area contributed by atoms with E-state index in [1.807, 2.05) is 0 Å². The third kappa shape index (κ3) is 3.63. The van der Waals surface area contributed by atoms with E-state index in [0.717, 1.165) is 12.1 Å². The lowest BCUT2D eigenvalue weighted by Gasteiger charge is -2.44. The third-order valence-electron chi connectivity index (χ3n) is 5.41. The largest absolute Gasteiger partial charge is 0.481 e. The van der Waals surface area contributed by atoms with E-state index in [9.17, 15) is 22.4 Å². The van der Waals surface area contributed by atoms with Crippen molar-refractivity contribution < 1.29 is 27.1 Å². The smallest absolute Gasteiger partial charge is 0.416 e. The second-order valence-electron chi connectivity index (χ2n) is 7.40. The van der Waals surface area contributed by atoms with Crippen LogP contribution in [-0.2, 0) is 6.18 Å². The van der Waals surface area contributed by atoms with Crippen LogP contribution in [0.4, 0.5) is 34.6 Å². The fraction of sp³-hybridized carbons (Fsp3) is 0.217. The molecule has 0 N–H and O–H groups in total. The number of halogens is 4. The molecule has 0 aliphatic carbocycles. The Balaban J connectivity index is 1.93. The summed E-state index contributed by atoms with van der Waals surface area (Å²) in [6.07, 6.45) is -3.85. The van der Waals surface area contributed by atoms with Gasteiger partial charge in [-0.3, -0.25) is 9.69 Å². The first-order chi connectivity index (χ1) is 15.1. The molecule has 166 valence electrons. The predicted octanol–water partition coefficient (Wildman–Crippen LogP) is 5.70. The van der Waals surface area contributed by atoms with Gasteiger partial charge in [0.15, 0.2) is 0 Å². The summed E-state index contributed by atoms with van der Waals surface area (Å²) >= 11 is 0. The number of pyridine rings is 1. The fourth-order valence-electron chi connectivity index (χ4n) is 3.89. The molecule has 2 aromatic carbocycles. The molecule has 5 nitrogen and oxygen atoms in total. The minimum Gasteiger partial charge on any atom is -0.481 e. The molecule has 0 spiro atoms. The van der Waals surface area contributed by atoms with Crippen LogP contribution in [0.2, 0.25) is 0 Å². The molecule has 0 bridgehead atoms. The van der Waals surface area contributed by atoms with Gasteiger partial charge in [-0.05, 0) is 61.9 Å². The monoisotopic (exact) mass is 445 g/mol. The number of anilines is 3. The van der Waals surface area contributed by atoms with E-state index in [2.05, 4.69) is 4.98 Å². The number of fused-ring (bicyclic) bond motifs is 1. The fourth-order valence-corrected chi connectivity index (χ4v) is 3.89. The van der Waals surface area contributed by atoms with Gasteiger partial charge in [0.1, 0.15) is 12.0 Å². The molecule has 1 aliphatic rings. The first-order valence-corrected chi connectivity index (χ1v) is 9.72. The molecule has 1 aromatic heterocycles. The number of rotatable bonds is 3. The summed E-state index contributed by atoms with van der Waals surface area (Å²) in [5.41, 5.74) is 0.764. The highest BCUT2D eigenvalue weighted by molar-refractivity contribution is 6.13. The van der Waals surface area contributed by atoms with Gasteiger partial charge < -0.3 is 9.64 Å². The number of benzene rings is 2. The van der Waals surface area contributed by atoms with E-state index in [0.29, 0.717) is 22.8 Å². The van der Waals surface area contributed by atoms with Crippen LogP contribution in [0.1, 0.15) is 28.4 Å². The minimum absolute atomic E-state index is 0.0932. The number of aromatic nitrogens is 1. The highest BCUT2D eigenvalue weighted by Gasteiger charge is 2.40. The van der Waals surface area contributed by atoms with Crippen molar-refractivity contribution >= 4 is 23.0 Å². The average Bonchev–Trinajstić information content (AvgIpc) is 2.74. The Morgan fingerprint density at radius 1 is 1.00 bits per heavy atom. The van der Waals surface area contributed by atoms with Crippen LogP contribution < -0.4 is 14.5 Å². The van der Waals surface area contributed by atoms with Crippen LogP contribution >= 0.6 is 0 Å². The molecule has 0 radical (unpaired) electrons. The SMILES string of the molecule is COc1ccc(N2C(=O)c3ccc(C(F)(F)F)cc3N(c3ccc(F)cc3C)C2C)cn1. The second kappa shape index (κ2) is 7.81. The summed E-state index contributed by atoms with van der Waals surface area (Å²) < 4.78 is 59.1. The van der Waals surface area contributed by atoms with Crippen molar-refractivity contribution in [2.24, 2.45) is 0 Å². The molecule has 2 heterocycles. The molecule has 4 rings (SSSR count). The number of ether oxygens (including phenoxy) is 1. The lowest BCUT2D eigenvalue weighted by molar-refractivity contribution is -0.137. The van der Waals surface area contributed by atoms with E-state index in [1.54, 1.807) is 30.9 Å². The van der Waals surface area contributed by atoms with Gasteiger partial charge in [-0.1, -0.05) is 0 Å². The first kappa shape index (κ1) is 21.6. The van der Waals surface area contributed by atoms with Gasteiger partial charge in [0.05, 0.1) is 35.8 Å². The number of hydrogen-bond acceptors (Lipinski definition) is 4. The molecule has 0 saturated heterocycles. The highest BCUT2D eigenvalue weighted by Crippen LogP contribution is 2.43. The molecule has 1 unspecified atom stereocenters. The Hall–Kier alpha value is -3.62. The lowest BCUT2D eigenvalue weighted by Crippen LogP contribution is -2.52.